The molecule has 4 nitrogen and oxygen atoms in total. The maximum absolute atomic E-state index is 10.9. The Bertz CT molecular complexity index is 341. The third-order valence-corrected chi connectivity index (χ3v) is 2.46. The number of hydrogen-bond donors (Lipinski definition) is 0. The van der Waals surface area contributed by atoms with Crippen LogP contribution in [0, 0.1) is 6.92 Å². The lowest BCUT2D eigenvalue weighted by Crippen LogP contribution is -2.28. The lowest BCUT2D eigenvalue weighted by atomic mass is 10.2. The van der Waals surface area contributed by atoms with Crippen LogP contribution in [0.3, 0.4) is 0 Å². The average Bonchev–Trinajstić information content (AvgIpc) is 2.38. The molecular formula is C10H17N3O. The molecule has 0 amide bonds. The lowest BCUT2D eigenvalue weighted by molar-refractivity contribution is 0.112. The molecule has 1 rings (SSSR count). The smallest absolute Gasteiger partial charge is 0.155 e. The van der Waals surface area contributed by atoms with Gasteiger partial charge in [-0.25, -0.2) is 0 Å². The summed E-state index contributed by atoms with van der Waals surface area (Å²) in [5, 5.41) is 4.23. The standard InChI is InChI=1S/C10H17N3O/c1-7(2)12(4)10-9(6-14)8(3)11-13(10)5/h6-7H,1-5H3. The van der Waals surface area contributed by atoms with Crippen molar-refractivity contribution in [2.24, 2.45) is 7.05 Å². The summed E-state index contributed by atoms with van der Waals surface area (Å²) in [6.45, 7) is 6.01. The Morgan fingerprint density at radius 1 is 1.50 bits per heavy atom. The second-order valence-corrected chi connectivity index (χ2v) is 3.77. The molecule has 0 atom stereocenters. The topological polar surface area (TPSA) is 38.1 Å². The largest absolute Gasteiger partial charge is 0.357 e. The molecule has 0 saturated carbocycles. The molecule has 4 heteroatoms. The molecule has 0 aliphatic rings. The quantitative estimate of drug-likeness (QED) is 0.684. The highest BCUT2D eigenvalue weighted by atomic mass is 16.1. The summed E-state index contributed by atoms with van der Waals surface area (Å²) < 4.78 is 1.75. The summed E-state index contributed by atoms with van der Waals surface area (Å²) in [6, 6.07) is 0.350. The Kier molecular flexibility index (Phi) is 2.93. The van der Waals surface area contributed by atoms with Crippen LogP contribution in [-0.2, 0) is 7.05 Å². The van der Waals surface area contributed by atoms with Gasteiger partial charge in [-0.2, -0.15) is 5.10 Å². The van der Waals surface area contributed by atoms with Crippen LogP contribution >= 0.6 is 0 Å². The van der Waals surface area contributed by atoms with Crippen LogP contribution in [0.5, 0.6) is 0 Å². The third kappa shape index (κ3) is 1.64. The monoisotopic (exact) mass is 195 g/mol. The van der Waals surface area contributed by atoms with Gasteiger partial charge in [0.1, 0.15) is 5.82 Å². The predicted octanol–water partition coefficient (Wildman–Crippen LogP) is 1.39. The predicted molar refractivity (Wildman–Crippen MR) is 56.9 cm³/mol. The normalized spacial score (nSPS) is 10.7. The van der Waals surface area contributed by atoms with E-state index in [-0.39, 0.29) is 0 Å². The van der Waals surface area contributed by atoms with Gasteiger partial charge in [0.2, 0.25) is 0 Å². The maximum Gasteiger partial charge on any atom is 0.155 e. The zero-order valence-corrected chi connectivity index (χ0v) is 9.40. The fraction of sp³-hybridized carbons (Fsp3) is 0.600. The zero-order valence-electron chi connectivity index (χ0n) is 9.40. The van der Waals surface area contributed by atoms with Crippen LogP contribution in [0.15, 0.2) is 0 Å². The van der Waals surface area contributed by atoms with Gasteiger partial charge in [0, 0.05) is 20.1 Å². The number of rotatable bonds is 3. The van der Waals surface area contributed by atoms with Gasteiger partial charge in [-0.15, -0.1) is 0 Å². The molecule has 0 saturated heterocycles. The number of aryl methyl sites for hydroxylation is 2. The van der Waals surface area contributed by atoms with E-state index in [2.05, 4.69) is 18.9 Å². The van der Waals surface area contributed by atoms with Crippen molar-refractivity contribution in [2.45, 2.75) is 26.8 Å². The molecule has 0 spiro atoms. The van der Waals surface area contributed by atoms with Gasteiger partial charge < -0.3 is 4.90 Å². The highest BCUT2D eigenvalue weighted by Gasteiger charge is 2.17. The van der Waals surface area contributed by atoms with Crippen LogP contribution in [0.25, 0.3) is 0 Å². The third-order valence-electron chi connectivity index (χ3n) is 2.46. The summed E-state index contributed by atoms with van der Waals surface area (Å²) in [5.41, 5.74) is 1.47. The molecule has 14 heavy (non-hydrogen) atoms. The molecule has 0 unspecified atom stereocenters. The zero-order chi connectivity index (χ0) is 10.9. The Labute approximate surface area is 84.5 Å². The maximum atomic E-state index is 10.9. The van der Waals surface area contributed by atoms with E-state index < -0.39 is 0 Å². The summed E-state index contributed by atoms with van der Waals surface area (Å²) in [7, 11) is 3.82. The van der Waals surface area contributed by atoms with Gasteiger partial charge in [0.15, 0.2) is 6.29 Å². The van der Waals surface area contributed by atoms with Crippen molar-refractivity contribution < 1.29 is 4.79 Å². The first-order chi connectivity index (χ1) is 6.49. The first kappa shape index (κ1) is 10.8. The van der Waals surface area contributed by atoms with Crippen molar-refractivity contribution in [2.75, 3.05) is 11.9 Å². The highest BCUT2D eigenvalue weighted by Crippen LogP contribution is 2.21. The van der Waals surface area contributed by atoms with Crippen molar-refractivity contribution in [3.8, 4) is 0 Å². The fourth-order valence-corrected chi connectivity index (χ4v) is 1.46. The lowest BCUT2D eigenvalue weighted by Gasteiger charge is -2.23. The second kappa shape index (κ2) is 3.82. The number of aromatic nitrogens is 2. The molecule has 0 bridgehead atoms. The van der Waals surface area contributed by atoms with Gasteiger partial charge in [0.05, 0.1) is 11.3 Å². The van der Waals surface area contributed by atoms with Crippen molar-refractivity contribution in [3.63, 3.8) is 0 Å². The van der Waals surface area contributed by atoms with Gasteiger partial charge in [-0.3, -0.25) is 9.48 Å². The van der Waals surface area contributed by atoms with E-state index in [1.807, 2.05) is 25.9 Å². The molecule has 0 aromatic carbocycles. The van der Waals surface area contributed by atoms with Crippen LogP contribution < -0.4 is 4.90 Å². The molecule has 0 aliphatic carbocycles. The molecule has 1 aromatic rings. The van der Waals surface area contributed by atoms with Crippen molar-refractivity contribution in [1.82, 2.24) is 9.78 Å². The molecule has 1 aromatic heterocycles. The molecule has 78 valence electrons. The second-order valence-electron chi connectivity index (χ2n) is 3.77. The van der Waals surface area contributed by atoms with Crippen molar-refractivity contribution in [3.05, 3.63) is 11.3 Å². The summed E-state index contributed by atoms with van der Waals surface area (Å²) in [6.07, 6.45) is 0.872. The van der Waals surface area contributed by atoms with Gasteiger partial charge in [-0.05, 0) is 20.8 Å². The van der Waals surface area contributed by atoms with E-state index in [9.17, 15) is 4.79 Å². The van der Waals surface area contributed by atoms with Gasteiger partial charge >= 0.3 is 0 Å². The number of carbonyl (C=O) groups is 1. The Balaban J connectivity index is 3.24. The van der Waals surface area contributed by atoms with Crippen LogP contribution in [0.4, 0.5) is 5.82 Å². The van der Waals surface area contributed by atoms with Crippen LogP contribution in [0.2, 0.25) is 0 Å². The molecule has 0 N–H and O–H groups in total. The van der Waals surface area contributed by atoms with Crippen molar-refractivity contribution >= 4 is 12.1 Å². The number of anilines is 1. The minimum atomic E-state index is 0.350. The number of nitrogens with zero attached hydrogens (tertiary/aromatic N) is 3. The average molecular weight is 195 g/mol. The van der Waals surface area contributed by atoms with E-state index in [0.29, 0.717) is 11.6 Å². The summed E-state index contributed by atoms with van der Waals surface area (Å²) >= 11 is 0. The van der Waals surface area contributed by atoms with Crippen molar-refractivity contribution in [1.29, 1.82) is 0 Å². The van der Waals surface area contributed by atoms with Crippen LogP contribution in [-0.4, -0.2) is 29.2 Å². The van der Waals surface area contributed by atoms with E-state index >= 15 is 0 Å². The SMILES string of the molecule is Cc1nn(C)c(N(C)C(C)C)c1C=O. The summed E-state index contributed by atoms with van der Waals surface area (Å²) in [4.78, 5) is 13.0. The number of aldehydes is 1. The molecule has 0 radical (unpaired) electrons. The summed E-state index contributed by atoms with van der Waals surface area (Å²) in [5.74, 6) is 0.882. The first-order valence-corrected chi connectivity index (χ1v) is 4.70. The number of carbonyl (C=O) groups excluding carboxylic acids is 1. The first-order valence-electron chi connectivity index (χ1n) is 4.70. The highest BCUT2D eigenvalue weighted by molar-refractivity contribution is 5.84. The minimum Gasteiger partial charge on any atom is -0.357 e. The van der Waals surface area contributed by atoms with Crippen LogP contribution in [0.1, 0.15) is 29.9 Å². The van der Waals surface area contributed by atoms with Gasteiger partial charge in [-0.1, -0.05) is 0 Å². The molecule has 0 aliphatic heterocycles. The molecule has 1 heterocycles. The van der Waals surface area contributed by atoms with E-state index in [1.165, 1.54) is 0 Å². The molecule has 0 fully saturated rings. The molecular weight excluding hydrogens is 178 g/mol. The Hall–Kier alpha value is -1.32. The van der Waals surface area contributed by atoms with E-state index in [0.717, 1.165) is 17.8 Å². The minimum absolute atomic E-state index is 0.350. The van der Waals surface area contributed by atoms with E-state index in [4.69, 9.17) is 0 Å². The Morgan fingerprint density at radius 3 is 2.50 bits per heavy atom. The van der Waals surface area contributed by atoms with E-state index in [1.54, 1.807) is 4.68 Å². The van der Waals surface area contributed by atoms with Gasteiger partial charge in [0.25, 0.3) is 0 Å². The fourth-order valence-electron chi connectivity index (χ4n) is 1.46. The Morgan fingerprint density at radius 2 is 2.07 bits per heavy atom. The number of hydrogen-bond acceptors (Lipinski definition) is 3.